The van der Waals surface area contributed by atoms with Crippen LogP contribution in [0.1, 0.15) is 0 Å². The molecule has 0 unspecified atom stereocenters. The summed E-state index contributed by atoms with van der Waals surface area (Å²) in [6.07, 6.45) is 0. The predicted octanol–water partition coefficient (Wildman–Crippen LogP) is 7.00. The van der Waals surface area contributed by atoms with Gasteiger partial charge in [-0.15, -0.1) is 0 Å². The van der Waals surface area contributed by atoms with Crippen LogP contribution in [-0.2, 0) is 0 Å². The summed E-state index contributed by atoms with van der Waals surface area (Å²) in [5, 5.41) is 5.76. The first-order valence-electron chi connectivity index (χ1n) is 8.72. The summed E-state index contributed by atoms with van der Waals surface area (Å²) in [5.74, 6) is 0. The Balaban J connectivity index is 1.75. The fourth-order valence-corrected chi connectivity index (χ4v) is 3.47. The van der Waals surface area contributed by atoms with Crippen LogP contribution in [0.2, 0.25) is 0 Å². The Hall–Kier alpha value is -3.52. The molecule has 2 nitrogen and oxygen atoms in total. The summed E-state index contributed by atoms with van der Waals surface area (Å²) >= 11 is 0. The number of rotatable bonds is 3. The molecule has 0 aliphatic heterocycles. The Morgan fingerprint density at radius 3 is 2.15 bits per heavy atom. The summed E-state index contributed by atoms with van der Waals surface area (Å²) in [7, 11) is 0. The van der Waals surface area contributed by atoms with Crippen molar-refractivity contribution in [3.8, 4) is 11.1 Å². The van der Waals surface area contributed by atoms with Crippen molar-refractivity contribution in [1.82, 2.24) is 0 Å². The van der Waals surface area contributed by atoms with Gasteiger partial charge in [0.15, 0.2) is 0 Å². The smallest absolute Gasteiger partial charge is 0.143 e. The van der Waals surface area contributed by atoms with Crippen LogP contribution in [0.3, 0.4) is 0 Å². The summed E-state index contributed by atoms with van der Waals surface area (Å²) in [5.41, 5.74) is 6.21. The van der Waals surface area contributed by atoms with Crippen LogP contribution in [-0.4, -0.2) is 0 Å². The van der Waals surface area contributed by atoms with Gasteiger partial charge >= 0.3 is 0 Å². The monoisotopic (exact) mass is 335 g/mol. The molecule has 0 radical (unpaired) electrons. The molecule has 0 amide bonds. The van der Waals surface area contributed by atoms with Crippen LogP contribution in [0, 0.1) is 0 Å². The molecule has 0 atom stereocenters. The minimum Gasteiger partial charge on any atom is -0.455 e. The van der Waals surface area contributed by atoms with Gasteiger partial charge in [0, 0.05) is 16.6 Å². The van der Waals surface area contributed by atoms with E-state index in [0.717, 1.165) is 44.4 Å². The molecule has 1 N–H and O–H groups in total. The first kappa shape index (κ1) is 14.8. The lowest BCUT2D eigenvalue weighted by Crippen LogP contribution is -1.90. The number of benzene rings is 4. The van der Waals surface area contributed by atoms with Gasteiger partial charge < -0.3 is 9.73 Å². The van der Waals surface area contributed by atoms with Crippen LogP contribution in [0.4, 0.5) is 11.4 Å². The maximum Gasteiger partial charge on any atom is 0.143 e. The van der Waals surface area contributed by atoms with Crippen LogP contribution in [0.25, 0.3) is 33.1 Å². The molecule has 1 aromatic heterocycles. The zero-order valence-corrected chi connectivity index (χ0v) is 14.1. The molecule has 0 aliphatic carbocycles. The van der Waals surface area contributed by atoms with Crippen molar-refractivity contribution in [2.45, 2.75) is 0 Å². The van der Waals surface area contributed by atoms with Crippen LogP contribution in [0.5, 0.6) is 0 Å². The summed E-state index contributed by atoms with van der Waals surface area (Å²) in [4.78, 5) is 0. The van der Waals surface area contributed by atoms with E-state index >= 15 is 0 Å². The predicted molar refractivity (Wildman–Crippen MR) is 109 cm³/mol. The summed E-state index contributed by atoms with van der Waals surface area (Å²) in [6, 6.07) is 33.1. The maximum atomic E-state index is 6.28. The minimum absolute atomic E-state index is 0.893. The van der Waals surface area contributed by atoms with Gasteiger partial charge in [0.05, 0.1) is 11.1 Å². The van der Waals surface area contributed by atoms with Gasteiger partial charge in [-0.05, 0) is 29.8 Å². The molecule has 5 aromatic rings. The number of furan rings is 1. The third-order valence-electron chi connectivity index (χ3n) is 4.66. The van der Waals surface area contributed by atoms with E-state index in [2.05, 4.69) is 66.0 Å². The molecule has 5 rings (SSSR count). The second-order valence-electron chi connectivity index (χ2n) is 6.32. The lowest BCUT2D eigenvalue weighted by Gasteiger charge is -2.07. The van der Waals surface area contributed by atoms with E-state index in [-0.39, 0.29) is 0 Å². The number of fused-ring (bicyclic) bond motifs is 3. The highest BCUT2D eigenvalue weighted by molar-refractivity contribution is 6.15. The molecule has 4 aromatic carbocycles. The van der Waals surface area contributed by atoms with E-state index in [9.17, 15) is 0 Å². The van der Waals surface area contributed by atoms with E-state index < -0.39 is 0 Å². The Bertz CT molecular complexity index is 1190. The van der Waals surface area contributed by atoms with E-state index in [0.29, 0.717) is 0 Å². The average molecular weight is 335 g/mol. The quantitative estimate of drug-likeness (QED) is 0.384. The lowest BCUT2D eigenvalue weighted by atomic mass is 10.0. The molecule has 1 heterocycles. The highest BCUT2D eigenvalue weighted by atomic mass is 16.3. The molecule has 0 spiro atoms. The van der Waals surface area contributed by atoms with Gasteiger partial charge in [-0.3, -0.25) is 0 Å². The molecule has 2 heteroatoms. The van der Waals surface area contributed by atoms with Crippen molar-refractivity contribution in [3.63, 3.8) is 0 Å². The third-order valence-corrected chi connectivity index (χ3v) is 4.66. The molecular formula is C24H17NO. The summed E-state index contributed by atoms with van der Waals surface area (Å²) < 4.78 is 6.28. The highest BCUT2D eigenvalue weighted by Gasteiger charge is 2.14. The van der Waals surface area contributed by atoms with Gasteiger partial charge in [-0.25, -0.2) is 0 Å². The van der Waals surface area contributed by atoms with Crippen molar-refractivity contribution in [3.05, 3.63) is 97.1 Å². The van der Waals surface area contributed by atoms with Gasteiger partial charge in [0.2, 0.25) is 0 Å². The molecule has 0 saturated carbocycles. The standard InChI is InChI=1S/C24H17NO/c1-3-9-17(10-4-1)19-13-7-14-20-23-21(25-18-11-5-2-6-12-18)15-8-16-22(23)26-24(19)20/h1-16,25H. The van der Waals surface area contributed by atoms with Crippen molar-refractivity contribution >= 4 is 33.3 Å². The zero-order chi connectivity index (χ0) is 17.3. The molecule has 0 bridgehead atoms. The van der Waals surface area contributed by atoms with Crippen molar-refractivity contribution in [1.29, 1.82) is 0 Å². The Kier molecular flexibility index (Phi) is 3.46. The maximum absolute atomic E-state index is 6.28. The Morgan fingerprint density at radius 1 is 0.615 bits per heavy atom. The molecular weight excluding hydrogens is 318 g/mol. The Labute approximate surface area is 151 Å². The number of hydrogen-bond donors (Lipinski definition) is 1. The van der Waals surface area contributed by atoms with Crippen LogP contribution >= 0.6 is 0 Å². The summed E-state index contributed by atoms with van der Waals surface area (Å²) in [6.45, 7) is 0. The van der Waals surface area contributed by atoms with Gasteiger partial charge in [0.1, 0.15) is 11.2 Å². The van der Waals surface area contributed by atoms with Crippen molar-refractivity contribution in [2.24, 2.45) is 0 Å². The fourth-order valence-electron chi connectivity index (χ4n) is 3.47. The molecule has 26 heavy (non-hydrogen) atoms. The van der Waals surface area contributed by atoms with Gasteiger partial charge in [-0.2, -0.15) is 0 Å². The molecule has 0 fully saturated rings. The van der Waals surface area contributed by atoms with E-state index in [4.69, 9.17) is 4.42 Å². The minimum atomic E-state index is 0.893. The van der Waals surface area contributed by atoms with Crippen molar-refractivity contribution < 1.29 is 4.42 Å². The highest BCUT2D eigenvalue weighted by Crippen LogP contribution is 2.39. The molecule has 0 aliphatic rings. The second-order valence-corrected chi connectivity index (χ2v) is 6.32. The topological polar surface area (TPSA) is 25.2 Å². The fraction of sp³-hybridized carbons (Fsp3) is 0. The van der Waals surface area contributed by atoms with Crippen LogP contribution < -0.4 is 5.32 Å². The number of hydrogen-bond acceptors (Lipinski definition) is 2. The molecule has 124 valence electrons. The van der Waals surface area contributed by atoms with Gasteiger partial charge in [0.25, 0.3) is 0 Å². The van der Waals surface area contributed by atoms with Crippen LogP contribution in [0.15, 0.2) is 101 Å². The number of nitrogens with one attached hydrogen (secondary N) is 1. The number of para-hydroxylation sites is 2. The number of anilines is 2. The molecule has 0 saturated heterocycles. The van der Waals surface area contributed by atoms with Crippen molar-refractivity contribution in [2.75, 3.05) is 5.32 Å². The SMILES string of the molecule is c1ccc(Nc2cccc3oc4c(-c5ccccc5)cccc4c23)cc1. The zero-order valence-electron chi connectivity index (χ0n) is 14.1. The Morgan fingerprint density at radius 2 is 1.35 bits per heavy atom. The van der Waals surface area contributed by atoms with E-state index in [1.54, 1.807) is 0 Å². The first-order valence-corrected chi connectivity index (χ1v) is 8.72. The lowest BCUT2D eigenvalue weighted by molar-refractivity contribution is 0.670. The van der Waals surface area contributed by atoms with Gasteiger partial charge in [-0.1, -0.05) is 72.8 Å². The second kappa shape index (κ2) is 6.08. The average Bonchev–Trinajstić information content (AvgIpc) is 3.09. The third kappa shape index (κ3) is 2.44. The van der Waals surface area contributed by atoms with E-state index in [1.165, 1.54) is 0 Å². The normalized spacial score (nSPS) is 11.1. The largest absolute Gasteiger partial charge is 0.455 e. The van der Waals surface area contributed by atoms with E-state index in [1.807, 2.05) is 36.4 Å². The first-order chi connectivity index (χ1) is 12.9.